The van der Waals surface area contributed by atoms with Crippen LogP contribution in [0.1, 0.15) is 30.3 Å². The van der Waals surface area contributed by atoms with Crippen molar-refractivity contribution in [1.29, 1.82) is 0 Å². The van der Waals surface area contributed by atoms with Crippen molar-refractivity contribution in [2.75, 3.05) is 0 Å². The highest BCUT2D eigenvalue weighted by molar-refractivity contribution is 9.10. The largest absolute Gasteiger partial charge is 0.212 e. The van der Waals surface area contributed by atoms with Crippen LogP contribution in [0.15, 0.2) is 63.3 Å². The van der Waals surface area contributed by atoms with Crippen molar-refractivity contribution < 1.29 is 0 Å². The summed E-state index contributed by atoms with van der Waals surface area (Å²) in [5.74, 6) is 1.66. The van der Waals surface area contributed by atoms with Gasteiger partial charge < -0.3 is 0 Å². The molecule has 0 spiro atoms. The maximum atomic E-state index is 6.22. The van der Waals surface area contributed by atoms with Crippen molar-refractivity contribution >= 4 is 45.5 Å². The molecule has 0 radical (unpaired) electrons. The summed E-state index contributed by atoms with van der Waals surface area (Å²) < 4.78 is 2.89. The first kappa shape index (κ1) is 19.1. The molecule has 0 N–H and O–H groups in total. The van der Waals surface area contributed by atoms with Gasteiger partial charge in [0, 0.05) is 27.2 Å². The molecule has 3 aromatic rings. The van der Waals surface area contributed by atoms with E-state index >= 15 is 0 Å². The normalized spacial score (nSPS) is 11.3. The summed E-state index contributed by atoms with van der Waals surface area (Å²) in [7, 11) is 0. The van der Waals surface area contributed by atoms with E-state index in [0.29, 0.717) is 5.02 Å². The van der Waals surface area contributed by atoms with Gasteiger partial charge in [0.25, 0.3) is 0 Å². The topological polar surface area (TPSA) is 43.1 Å². The summed E-state index contributed by atoms with van der Waals surface area (Å²) in [5.41, 5.74) is 2.09. The fourth-order valence-corrected chi connectivity index (χ4v) is 3.62. The van der Waals surface area contributed by atoms with Gasteiger partial charge in [0.2, 0.25) is 5.16 Å². The van der Waals surface area contributed by atoms with Crippen LogP contribution in [-0.2, 0) is 12.2 Å². The zero-order valence-corrected chi connectivity index (χ0v) is 17.4. The minimum Gasteiger partial charge on any atom is -0.191 e. The SMILES string of the molecule is CCCc1nnc(SCc2ccc(Br)cc2)n1/N=C/c1ccccc1Cl. The maximum Gasteiger partial charge on any atom is 0.212 e. The molecule has 0 aliphatic carbocycles. The second kappa shape index (κ2) is 9.35. The Kier molecular flexibility index (Phi) is 6.88. The minimum absolute atomic E-state index is 0.672. The molecule has 3 rings (SSSR count). The van der Waals surface area contributed by atoms with Crippen LogP contribution < -0.4 is 0 Å². The van der Waals surface area contributed by atoms with Crippen LogP contribution in [0, 0.1) is 0 Å². The van der Waals surface area contributed by atoms with Gasteiger partial charge in [-0.25, -0.2) is 0 Å². The van der Waals surface area contributed by atoms with E-state index in [4.69, 9.17) is 11.6 Å². The zero-order chi connectivity index (χ0) is 18.4. The fourth-order valence-electron chi connectivity index (χ4n) is 2.31. The Labute approximate surface area is 170 Å². The van der Waals surface area contributed by atoms with Crippen LogP contribution in [0.2, 0.25) is 5.02 Å². The predicted octanol–water partition coefficient (Wildman–Crippen LogP) is 5.82. The smallest absolute Gasteiger partial charge is 0.191 e. The molecular formula is C19H18BrClN4S. The van der Waals surface area contributed by atoms with E-state index in [1.54, 1.807) is 18.0 Å². The first-order valence-corrected chi connectivity index (χ1v) is 10.4. The van der Waals surface area contributed by atoms with Gasteiger partial charge >= 0.3 is 0 Å². The molecule has 0 atom stereocenters. The highest BCUT2D eigenvalue weighted by atomic mass is 79.9. The first-order chi connectivity index (χ1) is 12.7. The monoisotopic (exact) mass is 448 g/mol. The Bertz CT molecular complexity index is 893. The molecule has 0 saturated heterocycles. The highest BCUT2D eigenvalue weighted by Crippen LogP contribution is 2.23. The molecule has 0 amide bonds. The van der Waals surface area contributed by atoms with Crippen molar-refractivity contribution in [3.05, 3.63) is 75.0 Å². The third kappa shape index (κ3) is 4.96. The van der Waals surface area contributed by atoms with Crippen LogP contribution in [0.5, 0.6) is 0 Å². The van der Waals surface area contributed by atoms with E-state index in [-0.39, 0.29) is 0 Å². The van der Waals surface area contributed by atoms with Crippen molar-refractivity contribution in [2.45, 2.75) is 30.7 Å². The number of hydrogen-bond acceptors (Lipinski definition) is 4. The highest BCUT2D eigenvalue weighted by Gasteiger charge is 2.12. The zero-order valence-electron chi connectivity index (χ0n) is 14.3. The van der Waals surface area contributed by atoms with Crippen molar-refractivity contribution in [3.8, 4) is 0 Å². The molecule has 1 heterocycles. The third-order valence-corrected chi connectivity index (χ3v) is 5.51. The van der Waals surface area contributed by atoms with Crippen LogP contribution >= 0.6 is 39.3 Å². The summed E-state index contributed by atoms with van der Waals surface area (Å²) in [4.78, 5) is 0. The van der Waals surface area contributed by atoms with Gasteiger partial charge in [0.1, 0.15) is 0 Å². The number of aryl methyl sites for hydroxylation is 1. The van der Waals surface area contributed by atoms with E-state index in [2.05, 4.69) is 50.3 Å². The lowest BCUT2D eigenvalue weighted by atomic mass is 10.2. The Morgan fingerprint density at radius 1 is 1.15 bits per heavy atom. The lowest BCUT2D eigenvalue weighted by Crippen LogP contribution is -2.00. The van der Waals surface area contributed by atoms with Gasteiger partial charge in [-0.3, -0.25) is 0 Å². The van der Waals surface area contributed by atoms with Gasteiger partial charge in [-0.15, -0.1) is 10.2 Å². The van der Waals surface area contributed by atoms with E-state index in [1.807, 2.05) is 41.1 Å². The molecule has 134 valence electrons. The fraction of sp³-hybridized carbons (Fsp3) is 0.211. The maximum absolute atomic E-state index is 6.22. The summed E-state index contributed by atoms with van der Waals surface area (Å²) in [6.07, 6.45) is 3.57. The molecular weight excluding hydrogens is 432 g/mol. The molecule has 26 heavy (non-hydrogen) atoms. The molecule has 1 aromatic heterocycles. The standard InChI is InChI=1S/C19H18BrClN4S/c1-2-5-18-23-24-19(26-13-14-8-10-16(20)11-9-14)25(18)22-12-15-6-3-4-7-17(15)21/h3-4,6-12H,2,5,13H2,1H3/b22-12+. The minimum atomic E-state index is 0.672. The van der Waals surface area contributed by atoms with Crippen LogP contribution in [0.4, 0.5) is 0 Å². The van der Waals surface area contributed by atoms with Crippen molar-refractivity contribution in [2.24, 2.45) is 5.10 Å². The lowest BCUT2D eigenvalue weighted by Gasteiger charge is -2.05. The van der Waals surface area contributed by atoms with Gasteiger partial charge in [-0.05, 0) is 30.2 Å². The predicted molar refractivity (Wildman–Crippen MR) is 112 cm³/mol. The Balaban J connectivity index is 1.81. The van der Waals surface area contributed by atoms with E-state index in [9.17, 15) is 0 Å². The lowest BCUT2D eigenvalue weighted by molar-refractivity contribution is 0.700. The van der Waals surface area contributed by atoms with Crippen molar-refractivity contribution in [3.63, 3.8) is 0 Å². The summed E-state index contributed by atoms with van der Waals surface area (Å²) in [5, 5.41) is 14.7. The number of nitrogens with zero attached hydrogens (tertiary/aromatic N) is 4. The second-order valence-corrected chi connectivity index (χ2v) is 7.91. The Morgan fingerprint density at radius 2 is 1.92 bits per heavy atom. The number of thioether (sulfide) groups is 1. The molecule has 0 unspecified atom stereocenters. The quantitative estimate of drug-likeness (QED) is 0.337. The third-order valence-electron chi connectivity index (χ3n) is 3.65. The number of benzene rings is 2. The Hall–Kier alpha value is -1.63. The molecule has 4 nitrogen and oxygen atoms in total. The summed E-state index contributed by atoms with van der Waals surface area (Å²) >= 11 is 11.3. The summed E-state index contributed by atoms with van der Waals surface area (Å²) in [6.45, 7) is 2.12. The van der Waals surface area contributed by atoms with E-state index < -0.39 is 0 Å². The number of aromatic nitrogens is 3. The van der Waals surface area contributed by atoms with Gasteiger partial charge in [0.05, 0.1) is 6.21 Å². The van der Waals surface area contributed by atoms with Gasteiger partial charge in [-0.2, -0.15) is 9.78 Å². The number of hydrogen-bond donors (Lipinski definition) is 0. The molecule has 0 saturated carbocycles. The number of halogens is 2. The molecule has 0 aliphatic heterocycles. The molecule has 0 bridgehead atoms. The van der Waals surface area contributed by atoms with Crippen LogP contribution in [0.3, 0.4) is 0 Å². The van der Waals surface area contributed by atoms with E-state index in [0.717, 1.165) is 39.6 Å². The van der Waals surface area contributed by atoms with Gasteiger partial charge in [-0.1, -0.05) is 76.5 Å². The second-order valence-electron chi connectivity index (χ2n) is 5.64. The van der Waals surface area contributed by atoms with E-state index in [1.165, 1.54) is 5.56 Å². The number of rotatable bonds is 7. The molecule has 0 fully saturated rings. The molecule has 7 heteroatoms. The average molecular weight is 450 g/mol. The molecule has 0 aliphatic rings. The average Bonchev–Trinajstić information content (AvgIpc) is 3.03. The summed E-state index contributed by atoms with van der Waals surface area (Å²) in [6, 6.07) is 15.9. The van der Waals surface area contributed by atoms with Crippen LogP contribution in [-0.4, -0.2) is 21.1 Å². The Morgan fingerprint density at radius 3 is 2.65 bits per heavy atom. The van der Waals surface area contributed by atoms with Crippen LogP contribution in [0.25, 0.3) is 0 Å². The first-order valence-electron chi connectivity index (χ1n) is 8.27. The van der Waals surface area contributed by atoms with Crippen molar-refractivity contribution in [1.82, 2.24) is 14.9 Å². The molecule has 2 aromatic carbocycles. The van der Waals surface area contributed by atoms with Gasteiger partial charge in [0.15, 0.2) is 5.82 Å².